The number of rotatable bonds is 3. The van der Waals surface area contributed by atoms with Gasteiger partial charge in [-0.3, -0.25) is 9.78 Å². The first kappa shape index (κ1) is 11.5. The summed E-state index contributed by atoms with van der Waals surface area (Å²) in [5.74, 6) is -0.753. The van der Waals surface area contributed by atoms with Gasteiger partial charge in [0.25, 0.3) is 0 Å². The number of pyridine rings is 1. The molecule has 0 aliphatic carbocycles. The summed E-state index contributed by atoms with van der Waals surface area (Å²) < 4.78 is 4.77. The Hall–Kier alpha value is -1.94. The third-order valence-electron chi connectivity index (χ3n) is 2.78. The van der Waals surface area contributed by atoms with E-state index in [-0.39, 0.29) is 12.5 Å². The average molecular weight is 230 g/mol. The lowest BCUT2D eigenvalue weighted by Gasteiger charge is -2.14. The molecule has 0 saturated carbocycles. The van der Waals surface area contributed by atoms with Crippen molar-refractivity contribution in [2.75, 3.05) is 13.7 Å². The summed E-state index contributed by atoms with van der Waals surface area (Å²) in [5.41, 5.74) is 7.37. The highest BCUT2D eigenvalue weighted by Crippen LogP contribution is 2.24. The molecule has 0 radical (unpaired) electrons. The highest BCUT2D eigenvalue weighted by Gasteiger charge is 2.21. The molecule has 0 bridgehead atoms. The number of methoxy groups -OCH3 is 1. The van der Waals surface area contributed by atoms with Crippen LogP contribution in [0.2, 0.25) is 0 Å². The third kappa shape index (κ3) is 2.12. The minimum Gasteiger partial charge on any atom is -0.469 e. The molecule has 1 atom stereocenters. The second-order valence-electron chi connectivity index (χ2n) is 3.73. The molecular weight excluding hydrogens is 216 g/mol. The molecule has 0 fully saturated rings. The Bertz CT molecular complexity index is 534. The number of para-hydroxylation sites is 1. The molecule has 4 heteroatoms. The third-order valence-corrected chi connectivity index (χ3v) is 2.78. The molecule has 1 unspecified atom stereocenters. The van der Waals surface area contributed by atoms with Gasteiger partial charge in [0, 0.05) is 18.1 Å². The van der Waals surface area contributed by atoms with E-state index in [1.807, 2.05) is 30.3 Å². The number of hydrogen-bond acceptors (Lipinski definition) is 4. The van der Waals surface area contributed by atoms with Crippen molar-refractivity contribution < 1.29 is 9.53 Å². The SMILES string of the molecule is COC(=O)C(CN)c1ccnc2ccccc12. The topological polar surface area (TPSA) is 65.2 Å². The first-order valence-corrected chi connectivity index (χ1v) is 5.39. The van der Waals surface area contributed by atoms with Crippen LogP contribution in [-0.2, 0) is 9.53 Å². The summed E-state index contributed by atoms with van der Waals surface area (Å²) in [6, 6.07) is 9.48. The first-order valence-electron chi connectivity index (χ1n) is 5.39. The fourth-order valence-corrected chi connectivity index (χ4v) is 1.91. The maximum absolute atomic E-state index is 11.7. The van der Waals surface area contributed by atoms with E-state index in [4.69, 9.17) is 10.5 Å². The summed E-state index contributed by atoms with van der Waals surface area (Å²) in [4.78, 5) is 15.9. The molecule has 17 heavy (non-hydrogen) atoms. The number of esters is 1. The molecule has 0 amide bonds. The Morgan fingerprint density at radius 3 is 2.88 bits per heavy atom. The normalized spacial score (nSPS) is 12.4. The number of nitrogens with zero attached hydrogens (tertiary/aromatic N) is 1. The number of nitrogens with two attached hydrogens (primary N) is 1. The molecule has 88 valence electrons. The van der Waals surface area contributed by atoms with Crippen LogP contribution in [0.4, 0.5) is 0 Å². The summed E-state index contributed by atoms with van der Waals surface area (Å²) in [6.07, 6.45) is 1.68. The van der Waals surface area contributed by atoms with Gasteiger partial charge < -0.3 is 10.5 Å². The minimum atomic E-state index is -0.437. The van der Waals surface area contributed by atoms with Crippen molar-refractivity contribution in [2.24, 2.45) is 5.73 Å². The Kier molecular flexibility index (Phi) is 3.35. The van der Waals surface area contributed by atoms with E-state index in [2.05, 4.69) is 4.98 Å². The predicted octanol–water partition coefficient (Wildman–Crippen LogP) is 1.45. The number of aromatic nitrogens is 1. The molecule has 0 saturated heterocycles. The second-order valence-corrected chi connectivity index (χ2v) is 3.73. The van der Waals surface area contributed by atoms with E-state index in [9.17, 15) is 4.79 Å². The lowest BCUT2D eigenvalue weighted by Crippen LogP contribution is -2.23. The molecule has 2 rings (SSSR count). The Labute approximate surface area is 99.4 Å². The molecular formula is C13H14N2O2. The van der Waals surface area contributed by atoms with E-state index >= 15 is 0 Å². The van der Waals surface area contributed by atoms with E-state index in [1.54, 1.807) is 6.20 Å². The quantitative estimate of drug-likeness (QED) is 0.810. The van der Waals surface area contributed by atoms with Crippen molar-refractivity contribution in [1.82, 2.24) is 4.98 Å². The molecule has 0 spiro atoms. The largest absolute Gasteiger partial charge is 0.469 e. The number of hydrogen-bond donors (Lipinski definition) is 1. The summed E-state index contributed by atoms with van der Waals surface area (Å²) in [6.45, 7) is 0.223. The van der Waals surface area contributed by atoms with Crippen LogP contribution in [0, 0.1) is 0 Å². The lowest BCUT2D eigenvalue weighted by molar-refractivity contribution is -0.142. The van der Waals surface area contributed by atoms with Crippen LogP contribution >= 0.6 is 0 Å². The van der Waals surface area contributed by atoms with Crippen molar-refractivity contribution in [3.05, 3.63) is 42.1 Å². The molecule has 0 aliphatic heterocycles. The van der Waals surface area contributed by atoms with Crippen LogP contribution in [0.3, 0.4) is 0 Å². The van der Waals surface area contributed by atoms with Crippen molar-refractivity contribution >= 4 is 16.9 Å². The van der Waals surface area contributed by atoms with Crippen molar-refractivity contribution in [1.29, 1.82) is 0 Å². The van der Waals surface area contributed by atoms with Crippen molar-refractivity contribution in [3.8, 4) is 0 Å². The smallest absolute Gasteiger partial charge is 0.314 e. The van der Waals surface area contributed by atoms with E-state index < -0.39 is 5.92 Å². The fraction of sp³-hybridized carbons (Fsp3) is 0.231. The standard InChI is InChI=1S/C13H14N2O2/c1-17-13(16)11(8-14)9-6-7-15-12-5-3-2-4-10(9)12/h2-7,11H,8,14H2,1H3. The van der Waals surface area contributed by atoms with Crippen molar-refractivity contribution in [2.45, 2.75) is 5.92 Å². The van der Waals surface area contributed by atoms with Crippen LogP contribution in [0.5, 0.6) is 0 Å². The van der Waals surface area contributed by atoms with Crippen LogP contribution in [0.15, 0.2) is 36.5 Å². The minimum absolute atomic E-state index is 0.223. The van der Waals surface area contributed by atoms with Crippen LogP contribution in [0.1, 0.15) is 11.5 Å². The van der Waals surface area contributed by atoms with Gasteiger partial charge in [0.2, 0.25) is 0 Å². The van der Waals surface area contributed by atoms with E-state index in [0.717, 1.165) is 16.5 Å². The van der Waals surface area contributed by atoms with Gasteiger partial charge in [-0.15, -0.1) is 0 Å². The van der Waals surface area contributed by atoms with Gasteiger partial charge in [-0.2, -0.15) is 0 Å². The Balaban J connectivity index is 2.57. The van der Waals surface area contributed by atoms with Gasteiger partial charge in [0.15, 0.2) is 0 Å². The zero-order valence-corrected chi connectivity index (χ0v) is 9.59. The molecule has 1 heterocycles. The fourth-order valence-electron chi connectivity index (χ4n) is 1.91. The number of ether oxygens (including phenoxy) is 1. The van der Waals surface area contributed by atoms with Gasteiger partial charge in [-0.05, 0) is 17.7 Å². The zero-order valence-electron chi connectivity index (χ0n) is 9.59. The van der Waals surface area contributed by atoms with Crippen LogP contribution < -0.4 is 5.73 Å². The second kappa shape index (κ2) is 4.93. The molecule has 1 aromatic heterocycles. The van der Waals surface area contributed by atoms with E-state index in [0.29, 0.717) is 0 Å². The number of carbonyl (C=O) groups excluding carboxylic acids is 1. The van der Waals surface area contributed by atoms with Gasteiger partial charge in [0.05, 0.1) is 18.5 Å². The maximum Gasteiger partial charge on any atom is 0.314 e. The Morgan fingerprint density at radius 1 is 1.41 bits per heavy atom. The molecule has 2 N–H and O–H groups in total. The highest BCUT2D eigenvalue weighted by molar-refractivity contribution is 5.89. The van der Waals surface area contributed by atoms with Crippen LogP contribution in [-0.4, -0.2) is 24.6 Å². The lowest BCUT2D eigenvalue weighted by atomic mass is 9.96. The van der Waals surface area contributed by atoms with Gasteiger partial charge in [-0.25, -0.2) is 0 Å². The summed E-state index contributed by atoms with van der Waals surface area (Å²) in [7, 11) is 1.37. The van der Waals surface area contributed by atoms with Gasteiger partial charge >= 0.3 is 5.97 Å². The highest BCUT2D eigenvalue weighted by atomic mass is 16.5. The molecule has 2 aromatic rings. The Morgan fingerprint density at radius 2 is 2.18 bits per heavy atom. The average Bonchev–Trinajstić information content (AvgIpc) is 2.39. The molecule has 4 nitrogen and oxygen atoms in total. The maximum atomic E-state index is 11.7. The number of benzene rings is 1. The molecule has 1 aromatic carbocycles. The summed E-state index contributed by atoms with van der Waals surface area (Å²) in [5, 5.41) is 0.941. The monoisotopic (exact) mass is 230 g/mol. The van der Waals surface area contributed by atoms with Gasteiger partial charge in [0.1, 0.15) is 0 Å². The number of fused-ring (bicyclic) bond motifs is 1. The van der Waals surface area contributed by atoms with E-state index in [1.165, 1.54) is 7.11 Å². The number of carbonyl (C=O) groups is 1. The first-order chi connectivity index (χ1) is 8.27. The summed E-state index contributed by atoms with van der Waals surface area (Å²) >= 11 is 0. The van der Waals surface area contributed by atoms with Crippen LogP contribution in [0.25, 0.3) is 10.9 Å². The molecule has 0 aliphatic rings. The predicted molar refractivity (Wildman–Crippen MR) is 65.6 cm³/mol. The zero-order chi connectivity index (χ0) is 12.3. The van der Waals surface area contributed by atoms with Gasteiger partial charge in [-0.1, -0.05) is 18.2 Å². The van der Waals surface area contributed by atoms with Crippen molar-refractivity contribution in [3.63, 3.8) is 0 Å².